The molecule has 1 aromatic carbocycles. The van der Waals surface area contributed by atoms with Crippen molar-refractivity contribution in [1.29, 1.82) is 0 Å². The summed E-state index contributed by atoms with van der Waals surface area (Å²) in [7, 11) is 0. The summed E-state index contributed by atoms with van der Waals surface area (Å²) >= 11 is 3.43. The number of aliphatic hydroxyl groups excluding tert-OH is 1. The average molecular weight is 268 g/mol. The van der Waals surface area contributed by atoms with Crippen LogP contribution in [0.4, 0.5) is 0 Å². The van der Waals surface area contributed by atoms with Crippen LogP contribution in [0.5, 0.6) is 0 Å². The van der Waals surface area contributed by atoms with Crippen LogP contribution < -0.4 is 0 Å². The molecule has 2 rings (SSSR count). The van der Waals surface area contributed by atoms with E-state index in [1.165, 1.54) is 0 Å². The third kappa shape index (κ3) is 2.27. The molecule has 0 spiro atoms. The second-order valence-corrected chi connectivity index (χ2v) is 3.94. The average Bonchev–Trinajstić information content (AvgIpc) is 2.68. The Hall–Kier alpha value is -1.13. The topological polar surface area (TPSA) is 46.3 Å². The van der Waals surface area contributed by atoms with Gasteiger partial charge in [0.25, 0.3) is 0 Å². The van der Waals surface area contributed by atoms with Crippen molar-refractivity contribution in [2.24, 2.45) is 0 Å². The van der Waals surface area contributed by atoms with E-state index in [0.717, 1.165) is 10.0 Å². The van der Waals surface area contributed by atoms with Gasteiger partial charge in [0.05, 0.1) is 18.4 Å². The summed E-state index contributed by atoms with van der Waals surface area (Å²) < 4.78 is 6.44. The fourth-order valence-corrected chi connectivity index (χ4v) is 1.75. The number of rotatable bonds is 3. The summed E-state index contributed by atoms with van der Waals surface area (Å²) in [6.45, 7) is 0.0740. The first-order valence-corrected chi connectivity index (χ1v) is 5.41. The van der Waals surface area contributed by atoms with Crippen molar-refractivity contribution in [2.75, 3.05) is 6.61 Å². The normalized spacial score (nSPS) is 10.5. The van der Waals surface area contributed by atoms with E-state index < -0.39 is 0 Å². The van der Waals surface area contributed by atoms with Gasteiger partial charge < -0.3 is 9.52 Å². The highest BCUT2D eigenvalue weighted by atomic mass is 79.9. The molecule has 78 valence electrons. The lowest BCUT2D eigenvalue weighted by atomic mass is 10.2. The molecule has 0 saturated heterocycles. The highest BCUT2D eigenvalue weighted by Gasteiger charge is 2.08. The van der Waals surface area contributed by atoms with Crippen molar-refractivity contribution >= 4 is 15.9 Å². The van der Waals surface area contributed by atoms with Gasteiger partial charge in [-0.15, -0.1) is 0 Å². The van der Waals surface area contributed by atoms with E-state index in [2.05, 4.69) is 20.9 Å². The number of hydrogen-bond donors (Lipinski definition) is 1. The first-order chi connectivity index (χ1) is 7.31. The van der Waals surface area contributed by atoms with E-state index in [0.29, 0.717) is 18.1 Å². The van der Waals surface area contributed by atoms with Crippen LogP contribution in [0.1, 0.15) is 5.76 Å². The maximum absolute atomic E-state index is 8.76. The molecule has 1 N–H and O–H groups in total. The van der Waals surface area contributed by atoms with Crippen molar-refractivity contribution in [3.05, 3.63) is 40.7 Å². The van der Waals surface area contributed by atoms with Gasteiger partial charge in [0.2, 0.25) is 5.89 Å². The molecule has 0 atom stereocenters. The monoisotopic (exact) mass is 267 g/mol. The molecule has 0 radical (unpaired) electrons. The molecule has 3 nitrogen and oxygen atoms in total. The molecule has 0 fully saturated rings. The van der Waals surface area contributed by atoms with Gasteiger partial charge in [0.1, 0.15) is 5.76 Å². The Bertz CT molecular complexity index is 453. The van der Waals surface area contributed by atoms with Crippen molar-refractivity contribution in [2.45, 2.75) is 6.42 Å². The van der Waals surface area contributed by atoms with Crippen LogP contribution in [-0.4, -0.2) is 16.7 Å². The molecule has 0 unspecified atom stereocenters. The van der Waals surface area contributed by atoms with E-state index in [1.54, 1.807) is 6.20 Å². The van der Waals surface area contributed by atoms with Crippen LogP contribution in [0.15, 0.2) is 39.4 Å². The molecule has 15 heavy (non-hydrogen) atoms. The van der Waals surface area contributed by atoms with Crippen LogP contribution in [-0.2, 0) is 6.42 Å². The van der Waals surface area contributed by atoms with Crippen molar-refractivity contribution < 1.29 is 9.52 Å². The van der Waals surface area contributed by atoms with Gasteiger partial charge in [-0.05, 0) is 28.1 Å². The van der Waals surface area contributed by atoms with Gasteiger partial charge in [-0.25, -0.2) is 4.98 Å². The minimum absolute atomic E-state index is 0.0740. The smallest absolute Gasteiger partial charge is 0.227 e. The number of hydrogen-bond acceptors (Lipinski definition) is 3. The zero-order valence-electron chi connectivity index (χ0n) is 7.98. The van der Waals surface area contributed by atoms with E-state index in [4.69, 9.17) is 9.52 Å². The standard InChI is InChI=1S/C11H10BrNO2/c12-10-4-2-1-3-9(10)11-13-7-8(15-11)5-6-14/h1-4,7,14H,5-6H2. The summed E-state index contributed by atoms with van der Waals surface area (Å²) in [4.78, 5) is 4.16. The third-order valence-corrected chi connectivity index (χ3v) is 2.71. The molecule has 0 aliphatic carbocycles. The molecule has 0 saturated carbocycles. The zero-order valence-corrected chi connectivity index (χ0v) is 9.57. The summed E-state index contributed by atoms with van der Waals surface area (Å²) in [5.41, 5.74) is 0.918. The maximum atomic E-state index is 8.76. The highest BCUT2D eigenvalue weighted by molar-refractivity contribution is 9.10. The lowest BCUT2D eigenvalue weighted by Crippen LogP contribution is -1.86. The van der Waals surface area contributed by atoms with Crippen LogP contribution in [0.2, 0.25) is 0 Å². The summed E-state index contributed by atoms with van der Waals surface area (Å²) in [5, 5.41) is 8.76. The molecule has 0 amide bonds. The predicted molar refractivity (Wildman–Crippen MR) is 60.4 cm³/mol. The van der Waals surface area contributed by atoms with Gasteiger partial charge in [-0.3, -0.25) is 0 Å². The summed E-state index contributed by atoms with van der Waals surface area (Å²) in [6.07, 6.45) is 2.14. The van der Waals surface area contributed by atoms with Crippen LogP contribution in [0.3, 0.4) is 0 Å². The van der Waals surface area contributed by atoms with Crippen LogP contribution in [0, 0.1) is 0 Å². The van der Waals surface area contributed by atoms with Crippen LogP contribution in [0.25, 0.3) is 11.5 Å². The highest BCUT2D eigenvalue weighted by Crippen LogP contribution is 2.27. The number of halogens is 1. The quantitative estimate of drug-likeness (QED) is 0.930. The molecular weight excluding hydrogens is 258 g/mol. The summed E-state index contributed by atoms with van der Waals surface area (Å²) in [5.74, 6) is 1.27. The minimum atomic E-state index is 0.0740. The fourth-order valence-electron chi connectivity index (χ4n) is 1.29. The molecule has 0 aliphatic rings. The molecule has 4 heteroatoms. The van der Waals surface area contributed by atoms with Crippen molar-refractivity contribution in [3.63, 3.8) is 0 Å². The van der Waals surface area contributed by atoms with Gasteiger partial charge in [0.15, 0.2) is 0 Å². The van der Waals surface area contributed by atoms with Crippen molar-refractivity contribution in [1.82, 2.24) is 4.98 Å². The second-order valence-electron chi connectivity index (χ2n) is 3.09. The first-order valence-electron chi connectivity index (χ1n) is 4.61. The number of aliphatic hydroxyl groups is 1. The summed E-state index contributed by atoms with van der Waals surface area (Å²) in [6, 6.07) is 7.73. The number of aromatic nitrogens is 1. The number of oxazole rings is 1. The van der Waals surface area contributed by atoms with Gasteiger partial charge in [-0.1, -0.05) is 12.1 Å². The Morgan fingerprint density at radius 3 is 2.87 bits per heavy atom. The van der Waals surface area contributed by atoms with E-state index in [1.807, 2.05) is 24.3 Å². The molecule has 1 aromatic heterocycles. The SMILES string of the molecule is OCCc1cnc(-c2ccccc2Br)o1. The Balaban J connectivity index is 2.33. The Labute approximate surface area is 95.9 Å². The second kappa shape index (κ2) is 4.59. The third-order valence-electron chi connectivity index (χ3n) is 2.02. The first kappa shape index (κ1) is 10.4. The van der Waals surface area contributed by atoms with E-state index in [-0.39, 0.29) is 6.61 Å². The Morgan fingerprint density at radius 1 is 1.33 bits per heavy atom. The molecule has 2 aromatic rings. The van der Waals surface area contributed by atoms with Gasteiger partial charge in [0, 0.05) is 10.9 Å². The largest absolute Gasteiger partial charge is 0.441 e. The minimum Gasteiger partial charge on any atom is -0.441 e. The lowest BCUT2D eigenvalue weighted by Gasteiger charge is -1.98. The molecule has 1 heterocycles. The molecule has 0 aliphatic heterocycles. The van der Waals surface area contributed by atoms with Gasteiger partial charge >= 0.3 is 0 Å². The number of nitrogens with zero attached hydrogens (tertiary/aromatic N) is 1. The zero-order chi connectivity index (χ0) is 10.7. The van der Waals surface area contributed by atoms with E-state index in [9.17, 15) is 0 Å². The lowest BCUT2D eigenvalue weighted by molar-refractivity contribution is 0.288. The van der Waals surface area contributed by atoms with Gasteiger partial charge in [-0.2, -0.15) is 0 Å². The molecule has 0 bridgehead atoms. The van der Waals surface area contributed by atoms with Crippen molar-refractivity contribution in [3.8, 4) is 11.5 Å². The Kier molecular flexibility index (Phi) is 3.18. The predicted octanol–water partition coefficient (Wildman–Crippen LogP) is 2.64. The fraction of sp³-hybridized carbons (Fsp3) is 0.182. The Morgan fingerprint density at radius 2 is 2.13 bits per heavy atom. The molecular formula is C11H10BrNO2. The van der Waals surface area contributed by atoms with Crippen LogP contribution >= 0.6 is 15.9 Å². The number of benzene rings is 1. The van der Waals surface area contributed by atoms with E-state index >= 15 is 0 Å². The maximum Gasteiger partial charge on any atom is 0.227 e.